The van der Waals surface area contributed by atoms with Crippen LogP contribution in [0.1, 0.15) is 38.4 Å². The average Bonchev–Trinajstić information content (AvgIpc) is 3.25. The third kappa shape index (κ3) is 5.75. The fourth-order valence-electron chi connectivity index (χ4n) is 3.73. The van der Waals surface area contributed by atoms with Crippen molar-refractivity contribution >= 4 is 35.0 Å². The van der Waals surface area contributed by atoms with Crippen LogP contribution in [0.5, 0.6) is 0 Å². The van der Waals surface area contributed by atoms with Gasteiger partial charge in [-0.2, -0.15) is 0 Å². The second-order valence-corrected chi connectivity index (χ2v) is 9.76. The molecule has 0 spiro atoms. The molecule has 0 aliphatic heterocycles. The summed E-state index contributed by atoms with van der Waals surface area (Å²) in [5.74, 6) is 0.769. The molecule has 0 aliphatic rings. The number of nitro benzene ring substituents is 1. The molecule has 4 aromatic rings. The zero-order valence-electron chi connectivity index (χ0n) is 20.0. The Labute approximate surface area is 217 Å². The third-order valence-electron chi connectivity index (χ3n) is 5.64. The van der Waals surface area contributed by atoms with E-state index in [0.717, 1.165) is 16.8 Å². The van der Waals surface area contributed by atoms with Crippen LogP contribution in [-0.2, 0) is 12.3 Å². The van der Waals surface area contributed by atoms with Crippen LogP contribution in [0.2, 0.25) is 5.02 Å². The Balaban J connectivity index is 1.62. The summed E-state index contributed by atoms with van der Waals surface area (Å²) in [5, 5.41) is 24.0. The molecule has 8 nitrogen and oxygen atoms in total. The molecule has 1 N–H and O–H groups in total. The zero-order valence-corrected chi connectivity index (χ0v) is 21.6. The smallest absolute Gasteiger partial charge is 0.273 e. The molecule has 10 heteroatoms. The van der Waals surface area contributed by atoms with E-state index >= 15 is 0 Å². The van der Waals surface area contributed by atoms with Crippen LogP contribution in [0, 0.1) is 30.9 Å². The van der Waals surface area contributed by atoms with Gasteiger partial charge >= 0.3 is 0 Å². The Morgan fingerprint density at radius 3 is 2.58 bits per heavy atom. The molecule has 0 fully saturated rings. The lowest BCUT2D eigenvalue weighted by atomic mass is 10.1. The standard InChI is InChI=1S/C26H24ClN5O3S/c1-16-5-4-6-19(11-16)15-36-26-30-29-24(31(26)22-13-21(27)10-8-17(22)2)14-28-25(33)20-9-7-18(3)23(12-20)32(34)35/h4-13H,14-15H2,1-3H3,(H,28,33). The van der Waals surface area contributed by atoms with Gasteiger partial charge in [0, 0.05) is 28.0 Å². The van der Waals surface area contributed by atoms with Crippen molar-refractivity contribution in [3.63, 3.8) is 0 Å². The molecule has 0 atom stereocenters. The first kappa shape index (κ1) is 25.4. The number of benzene rings is 3. The van der Waals surface area contributed by atoms with Crippen molar-refractivity contribution in [2.75, 3.05) is 0 Å². The number of nitro groups is 1. The van der Waals surface area contributed by atoms with E-state index in [2.05, 4.69) is 40.6 Å². The van der Waals surface area contributed by atoms with Gasteiger partial charge in [-0.3, -0.25) is 19.5 Å². The topological polar surface area (TPSA) is 103 Å². The van der Waals surface area contributed by atoms with E-state index in [1.807, 2.05) is 35.8 Å². The molecular weight excluding hydrogens is 498 g/mol. The molecule has 0 saturated heterocycles. The fraction of sp³-hybridized carbons (Fsp3) is 0.192. The summed E-state index contributed by atoms with van der Waals surface area (Å²) in [7, 11) is 0. The van der Waals surface area contributed by atoms with Gasteiger partial charge in [0.25, 0.3) is 11.6 Å². The molecule has 36 heavy (non-hydrogen) atoms. The van der Waals surface area contributed by atoms with Crippen molar-refractivity contribution in [3.05, 3.63) is 109 Å². The van der Waals surface area contributed by atoms with Gasteiger partial charge in [-0.25, -0.2) is 0 Å². The van der Waals surface area contributed by atoms with Gasteiger partial charge in [0.05, 0.1) is 17.2 Å². The summed E-state index contributed by atoms with van der Waals surface area (Å²) in [5.41, 5.74) is 4.71. The number of rotatable bonds is 8. The van der Waals surface area contributed by atoms with E-state index in [4.69, 9.17) is 11.6 Å². The molecular formula is C26H24ClN5O3S. The summed E-state index contributed by atoms with van der Waals surface area (Å²) in [4.78, 5) is 23.6. The molecule has 3 aromatic carbocycles. The van der Waals surface area contributed by atoms with Gasteiger partial charge in [-0.1, -0.05) is 65.3 Å². The summed E-state index contributed by atoms with van der Waals surface area (Å²) >= 11 is 7.84. The van der Waals surface area contributed by atoms with E-state index < -0.39 is 10.8 Å². The van der Waals surface area contributed by atoms with Crippen molar-refractivity contribution in [2.24, 2.45) is 0 Å². The van der Waals surface area contributed by atoms with Crippen molar-refractivity contribution < 1.29 is 9.72 Å². The second-order valence-electron chi connectivity index (χ2n) is 8.38. The molecule has 4 rings (SSSR count). The first-order valence-electron chi connectivity index (χ1n) is 11.2. The Morgan fingerprint density at radius 2 is 1.83 bits per heavy atom. The summed E-state index contributed by atoms with van der Waals surface area (Å²) < 4.78 is 1.89. The number of hydrogen-bond donors (Lipinski definition) is 1. The number of aryl methyl sites for hydroxylation is 3. The highest BCUT2D eigenvalue weighted by Gasteiger charge is 2.19. The molecule has 1 amide bonds. The first-order chi connectivity index (χ1) is 17.2. The number of nitrogens with one attached hydrogen (secondary N) is 1. The van der Waals surface area contributed by atoms with Gasteiger partial charge in [-0.05, 0) is 50.1 Å². The summed E-state index contributed by atoms with van der Waals surface area (Å²) in [6, 6.07) is 18.2. The van der Waals surface area contributed by atoms with Crippen LogP contribution < -0.4 is 5.32 Å². The van der Waals surface area contributed by atoms with E-state index in [9.17, 15) is 14.9 Å². The van der Waals surface area contributed by atoms with E-state index in [0.29, 0.717) is 27.3 Å². The molecule has 0 aliphatic carbocycles. The summed E-state index contributed by atoms with van der Waals surface area (Å²) in [6.45, 7) is 5.72. The van der Waals surface area contributed by atoms with Crippen molar-refractivity contribution in [1.82, 2.24) is 20.1 Å². The van der Waals surface area contributed by atoms with Crippen molar-refractivity contribution in [2.45, 2.75) is 38.2 Å². The first-order valence-corrected chi connectivity index (χ1v) is 12.5. The van der Waals surface area contributed by atoms with Gasteiger partial charge in [0.1, 0.15) is 0 Å². The van der Waals surface area contributed by atoms with Crippen molar-refractivity contribution in [3.8, 4) is 5.69 Å². The lowest BCUT2D eigenvalue weighted by Gasteiger charge is -2.14. The number of amides is 1. The third-order valence-corrected chi connectivity index (χ3v) is 6.87. The SMILES string of the molecule is Cc1cccc(CSc2nnc(CNC(=O)c3ccc(C)c([N+](=O)[O-])c3)n2-c2cc(Cl)ccc2C)c1. The molecule has 0 radical (unpaired) electrons. The lowest BCUT2D eigenvalue weighted by molar-refractivity contribution is -0.385. The van der Waals surface area contributed by atoms with Crippen LogP contribution in [0.25, 0.3) is 5.69 Å². The number of nitrogens with zero attached hydrogens (tertiary/aromatic N) is 4. The second kappa shape index (κ2) is 10.9. The molecule has 184 valence electrons. The van der Waals surface area contributed by atoms with Crippen molar-refractivity contribution in [1.29, 1.82) is 0 Å². The number of hydrogen-bond acceptors (Lipinski definition) is 6. The summed E-state index contributed by atoms with van der Waals surface area (Å²) in [6.07, 6.45) is 0. The fourth-order valence-corrected chi connectivity index (χ4v) is 4.81. The number of thioether (sulfide) groups is 1. The highest BCUT2D eigenvalue weighted by molar-refractivity contribution is 7.98. The van der Waals surface area contributed by atoms with E-state index in [1.165, 1.54) is 23.4 Å². The number of carbonyl (C=O) groups is 1. The highest BCUT2D eigenvalue weighted by atomic mass is 35.5. The van der Waals surface area contributed by atoms with E-state index in [1.54, 1.807) is 19.1 Å². The number of carbonyl (C=O) groups excluding carboxylic acids is 1. The maximum atomic E-state index is 12.8. The number of halogens is 1. The largest absolute Gasteiger partial charge is 0.345 e. The average molecular weight is 522 g/mol. The van der Waals surface area contributed by atoms with Gasteiger partial charge < -0.3 is 5.32 Å². The van der Waals surface area contributed by atoms with Gasteiger partial charge in [-0.15, -0.1) is 10.2 Å². The minimum absolute atomic E-state index is 0.0739. The molecule has 0 unspecified atom stereocenters. The van der Waals surface area contributed by atoms with Crippen LogP contribution in [0.4, 0.5) is 5.69 Å². The quantitative estimate of drug-likeness (QED) is 0.174. The number of aromatic nitrogens is 3. The van der Waals surface area contributed by atoms with E-state index in [-0.39, 0.29) is 17.8 Å². The Morgan fingerprint density at radius 1 is 1.06 bits per heavy atom. The maximum absolute atomic E-state index is 12.8. The Kier molecular flexibility index (Phi) is 7.71. The van der Waals surface area contributed by atoms with Crippen LogP contribution >= 0.6 is 23.4 Å². The lowest BCUT2D eigenvalue weighted by Crippen LogP contribution is -2.25. The van der Waals surface area contributed by atoms with Gasteiger partial charge in [0.15, 0.2) is 11.0 Å². The Bertz CT molecular complexity index is 1450. The Hall–Kier alpha value is -3.69. The minimum atomic E-state index is -0.498. The minimum Gasteiger partial charge on any atom is -0.345 e. The van der Waals surface area contributed by atoms with Crippen LogP contribution in [0.3, 0.4) is 0 Å². The zero-order chi connectivity index (χ0) is 25.8. The normalized spacial score (nSPS) is 10.9. The monoisotopic (exact) mass is 521 g/mol. The maximum Gasteiger partial charge on any atom is 0.273 e. The molecule has 0 saturated carbocycles. The van der Waals surface area contributed by atoms with Crippen LogP contribution in [-0.4, -0.2) is 25.6 Å². The molecule has 0 bridgehead atoms. The predicted molar refractivity (Wildman–Crippen MR) is 141 cm³/mol. The van der Waals surface area contributed by atoms with Gasteiger partial charge in [0.2, 0.25) is 0 Å². The van der Waals surface area contributed by atoms with Crippen LogP contribution in [0.15, 0.2) is 65.8 Å². The molecule has 1 aromatic heterocycles. The highest BCUT2D eigenvalue weighted by Crippen LogP contribution is 2.29. The predicted octanol–water partition coefficient (Wildman–Crippen LogP) is 5.98. The molecule has 1 heterocycles.